The minimum atomic E-state index is -1.01. The smallest absolute Gasteiger partial charge is 0.404 e. The molecule has 0 saturated heterocycles. The normalized spacial score (nSPS) is 11.6. The van der Waals surface area contributed by atoms with Crippen molar-refractivity contribution in [1.82, 2.24) is 4.98 Å². The lowest BCUT2D eigenvalue weighted by Crippen LogP contribution is -2.16. The number of primary amides is 2. The number of amides is 2. The van der Waals surface area contributed by atoms with Crippen LogP contribution >= 0.6 is 0 Å². The zero-order chi connectivity index (χ0) is 24.8. The van der Waals surface area contributed by atoms with E-state index >= 15 is 0 Å². The summed E-state index contributed by atoms with van der Waals surface area (Å²) in [5, 5.41) is 0. The molecule has 2 amide bonds. The van der Waals surface area contributed by atoms with Gasteiger partial charge in [0.05, 0.1) is 5.69 Å². The Labute approximate surface area is 194 Å². The third kappa shape index (κ3) is 5.61. The van der Waals surface area contributed by atoms with Crippen LogP contribution in [0.25, 0.3) is 17.3 Å². The molecule has 0 aliphatic heterocycles. The summed E-state index contributed by atoms with van der Waals surface area (Å²) in [6, 6.07) is 10.5. The van der Waals surface area contributed by atoms with Crippen LogP contribution in [0.2, 0.25) is 0 Å². The van der Waals surface area contributed by atoms with Crippen molar-refractivity contribution in [2.24, 2.45) is 11.5 Å². The van der Waals surface area contributed by atoms with Gasteiger partial charge in [-0.1, -0.05) is 24.8 Å². The maximum absolute atomic E-state index is 14.7. The van der Waals surface area contributed by atoms with Crippen LogP contribution in [0.4, 0.5) is 18.0 Å². The fourth-order valence-electron chi connectivity index (χ4n) is 3.68. The van der Waals surface area contributed by atoms with Crippen molar-refractivity contribution >= 4 is 18.1 Å². The van der Waals surface area contributed by atoms with Gasteiger partial charge in [0.15, 0.2) is 0 Å². The molecule has 0 aliphatic carbocycles. The van der Waals surface area contributed by atoms with Gasteiger partial charge >= 0.3 is 6.09 Å². The lowest BCUT2D eigenvalue weighted by atomic mass is 9.88. The molecule has 9 heteroatoms. The van der Waals surface area contributed by atoms with E-state index in [2.05, 4.69) is 11.6 Å². The van der Waals surface area contributed by atoms with Gasteiger partial charge in [-0.15, -0.1) is 0 Å². The number of hydrogen-bond donors (Lipinski definition) is 2. The molecule has 34 heavy (non-hydrogen) atoms. The van der Waals surface area contributed by atoms with Gasteiger partial charge in [-0.05, 0) is 48.4 Å². The first kappa shape index (κ1) is 24.5. The Morgan fingerprint density at radius 2 is 1.76 bits per heavy atom. The summed E-state index contributed by atoms with van der Waals surface area (Å²) in [5.74, 6) is -3.69. The number of carbonyl (C=O) groups excluding carboxylic acids is 2. The number of aromatic nitrogens is 1. The van der Waals surface area contributed by atoms with Crippen LogP contribution < -0.4 is 11.5 Å². The zero-order valence-corrected chi connectivity index (χ0v) is 18.1. The molecule has 176 valence electrons. The van der Waals surface area contributed by atoms with Crippen LogP contribution in [0.5, 0.6) is 0 Å². The van der Waals surface area contributed by atoms with Gasteiger partial charge in [-0.2, -0.15) is 0 Å². The predicted octanol–water partition coefficient (Wildman–Crippen LogP) is 4.80. The van der Waals surface area contributed by atoms with Gasteiger partial charge in [-0.25, -0.2) is 18.0 Å². The number of rotatable bonds is 9. The van der Waals surface area contributed by atoms with E-state index in [1.807, 2.05) is 0 Å². The van der Waals surface area contributed by atoms with Crippen LogP contribution in [0.3, 0.4) is 0 Å². The monoisotopic (exact) mass is 469 g/mol. The topological polar surface area (TPSA) is 108 Å². The van der Waals surface area contributed by atoms with Crippen molar-refractivity contribution < 1.29 is 27.5 Å². The molecule has 1 unspecified atom stereocenters. The highest BCUT2D eigenvalue weighted by molar-refractivity contribution is 5.75. The Balaban J connectivity index is 2.21. The molecule has 0 fully saturated rings. The summed E-state index contributed by atoms with van der Waals surface area (Å²) >= 11 is 0. The lowest BCUT2D eigenvalue weighted by molar-refractivity contribution is -0.118. The molecule has 0 bridgehead atoms. The van der Waals surface area contributed by atoms with E-state index in [1.54, 1.807) is 6.07 Å². The average molecular weight is 469 g/mol. The second-order valence-electron chi connectivity index (χ2n) is 7.48. The minimum absolute atomic E-state index is 0.00546. The van der Waals surface area contributed by atoms with Crippen LogP contribution in [0.15, 0.2) is 55.1 Å². The number of pyridine rings is 1. The minimum Gasteiger partial charge on any atom is -0.445 e. The van der Waals surface area contributed by atoms with Crippen molar-refractivity contribution in [2.45, 2.75) is 25.4 Å². The molecular weight excluding hydrogens is 447 g/mol. The largest absolute Gasteiger partial charge is 0.445 e. The van der Waals surface area contributed by atoms with Crippen LogP contribution in [-0.2, 0) is 16.1 Å². The highest BCUT2D eigenvalue weighted by Gasteiger charge is 2.25. The van der Waals surface area contributed by atoms with E-state index < -0.39 is 35.4 Å². The van der Waals surface area contributed by atoms with Gasteiger partial charge in [0, 0.05) is 34.7 Å². The van der Waals surface area contributed by atoms with E-state index in [-0.39, 0.29) is 36.4 Å². The molecule has 3 aromatic rings. The molecule has 4 N–H and O–H groups in total. The van der Waals surface area contributed by atoms with Gasteiger partial charge in [0.25, 0.3) is 0 Å². The van der Waals surface area contributed by atoms with Crippen molar-refractivity contribution in [2.75, 3.05) is 0 Å². The number of nitrogens with zero attached hydrogens (tertiary/aromatic N) is 1. The van der Waals surface area contributed by atoms with Crippen LogP contribution in [0.1, 0.15) is 41.1 Å². The Morgan fingerprint density at radius 3 is 2.38 bits per heavy atom. The first-order chi connectivity index (χ1) is 16.2. The second-order valence-corrected chi connectivity index (χ2v) is 7.48. The maximum Gasteiger partial charge on any atom is 0.404 e. The molecule has 1 atom stereocenters. The molecule has 0 radical (unpaired) electrons. The molecule has 6 nitrogen and oxygen atoms in total. The Morgan fingerprint density at radius 1 is 1.06 bits per heavy atom. The molecule has 0 saturated carbocycles. The van der Waals surface area contributed by atoms with E-state index in [4.69, 9.17) is 16.2 Å². The Hall–Kier alpha value is -4.14. The molecule has 1 heterocycles. The summed E-state index contributed by atoms with van der Waals surface area (Å²) in [7, 11) is 0. The summed E-state index contributed by atoms with van der Waals surface area (Å²) in [5.41, 5.74) is 11.9. The standard InChI is InChI=1S/C25H22F3N3O3/c1-2-14-12-16(26)7-8-17(14)24-15(13-34-25(30)33)6-10-21(31-24)18(9-11-22(29)32)23-19(27)4-3-5-20(23)28/h2-8,10,12,18H,1,9,11,13H2,(H2,29,32)(H2,30,33). The molecule has 1 aromatic heterocycles. The summed E-state index contributed by atoms with van der Waals surface area (Å²) < 4.78 is 48.1. The van der Waals surface area contributed by atoms with E-state index in [9.17, 15) is 22.8 Å². The van der Waals surface area contributed by atoms with Gasteiger partial charge < -0.3 is 16.2 Å². The summed E-state index contributed by atoms with van der Waals surface area (Å²) in [4.78, 5) is 27.2. The summed E-state index contributed by atoms with van der Waals surface area (Å²) in [6.45, 7) is 3.44. The van der Waals surface area contributed by atoms with Crippen molar-refractivity contribution in [1.29, 1.82) is 0 Å². The predicted molar refractivity (Wildman–Crippen MR) is 121 cm³/mol. The first-order valence-corrected chi connectivity index (χ1v) is 10.3. The highest BCUT2D eigenvalue weighted by Crippen LogP contribution is 2.35. The number of ether oxygens (including phenoxy) is 1. The maximum atomic E-state index is 14.7. The number of carbonyl (C=O) groups is 2. The quantitative estimate of drug-likeness (QED) is 0.469. The van der Waals surface area contributed by atoms with Gasteiger partial charge in [-0.3, -0.25) is 9.78 Å². The van der Waals surface area contributed by atoms with E-state index in [1.165, 1.54) is 36.4 Å². The third-order valence-corrected chi connectivity index (χ3v) is 5.24. The Kier molecular flexibility index (Phi) is 7.68. The van der Waals surface area contributed by atoms with Crippen LogP contribution in [0, 0.1) is 17.5 Å². The van der Waals surface area contributed by atoms with Crippen molar-refractivity contribution in [3.63, 3.8) is 0 Å². The van der Waals surface area contributed by atoms with Crippen LogP contribution in [-0.4, -0.2) is 17.0 Å². The number of nitrogens with two attached hydrogens (primary N) is 2. The molecule has 3 rings (SSSR count). The average Bonchev–Trinajstić information content (AvgIpc) is 2.79. The van der Waals surface area contributed by atoms with Crippen molar-refractivity contribution in [3.05, 3.63) is 94.9 Å². The van der Waals surface area contributed by atoms with E-state index in [0.29, 0.717) is 16.7 Å². The first-order valence-electron chi connectivity index (χ1n) is 10.3. The highest BCUT2D eigenvalue weighted by atomic mass is 19.1. The van der Waals surface area contributed by atoms with E-state index in [0.717, 1.165) is 12.1 Å². The lowest BCUT2D eigenvalue weighted by Gasteiger charge is -2.20. The van der Waals surface area contributed by atoms with Gasteiger partial charge in [0.2, 0.25) is 5.91 Å². The fourth-order valence-corrected chi connectivity index (χ4v) is 3.68. The second kappa shape index (κ2) is 10.7. The third-order valence-electron chi connectivity index (χ3n) is 5.24. The number of benzene rings is 2. The number of hydrogen-bond acceptors (Lipinski definition) is 4. The Bertz CT molecular complexity index is 1230. The molecular formula is C25H22F3N3O3. The number of halogens is 3. The molecule has 0 spiro atoms. The van der Waals surface area contributed by atoms with Gasteiger partial charge in [0.1, 0.15) is 24.1 Å². The van der Waals surface area contributed by atoms with Crippen molar-refractivity contribution in [3.8, 4) is 11.3 Å². The fraction of sp³-hybridized carbons (Fsp3) is 0.160. The molecule has 0 aliphatic rings. The SMILES string of the molecule is C=Cc1cc(F)ccc1-c1nc(C(CCC(N)=O)c2c(F)cccc2F)ccc1COC(N)=O. The molecule has 2 aromatic carbocycles. The zero-order valence-electron chi connectivity index (χ0n) is 18.1. The summed E-state index contributed by atoms with van der Waals surface area (Å²) in [6.07, 6.45) is 0.267.